The molecule has 0 aliphatic carbocycles. The molecule has 6 nitrogen and oxygen atoms in total. The number of aromatic nitrogens is 1. The fourth-order valence-electron chi connectivity index (χ4n) is 4.13. The summed E-state index contributed by atoms with van der Waals surface area (Å²) in [6.07, 6.45) is 4.95. The Balaban J connectivity index is 1.87. The van der Waals surface area contributed by atoms with Gasteiger partial charge in [0.05, 0.1) is 11.6 Å². The SMILES string of the molecule is C=CCOc1cccc(C2/C(=C(/O)c3c[nH]c4ccccc34)C(=O)C(=O)N2CCCC)c1. The van der Waals surface area contributed by atoms with E-state index in [-0.39, 0.29) is 11.3 Å². The smallest absolute Gasteiger partial charge is 0.295 e. The van der Waals surface area contributed by atoms with E-state index in [0.717, 1.165) is 23.7 Å². The Morgan fingerprint density at radius 2 is 2.03 bits per heavy atom. The molecule has 1 aromatic heterocycles. The predicted molar refractivity (Wildman–Crippen MR) is 124 cm³/mol. The van der Waals surface area contributed by atoms with Crippen LogP contribution in [-0.4, -0.2) is 39.8 Å². The number of rotatable bonds is 8. The number of fused-ring (bicyclic) bond motifs is 1. The van der Waals surface area contributed by atoms with E-state index in [4.69, 9.17) is 4.74 Å². The zero-order valence-electron chi connectivity index (χ0n) is 18.0. The van der Waals surface area contributed by atoms with E-state index in [1.807, 2.05) is 55.5 Å². The van der Waals surface area contributed by atoms with Gasteiger partial charge in [-0.2, -0.15) is 0 Å². The van der Waals surface area contributed by atoms with E-state index in [0.29, 0.717) is 30.0 Å². The average molecular weight is 431 g/mol. The number of aliphatic hydroxyl groups is 1. The van der Waals surface area contributed by atoms with Crippen molar-refractivity contribution in [2.75, 3.05) is 13.2 Å². The molecule has 3 aromatic rings. The second-order valence-electron chi connectivity index (χ2n) is 7.77. The Hall–Kier alpha value is -3.80. The molecule has 2 aromatic carbocycles. The molecule has 1 aliphatic rings. The van der Waals surface area contributed by atoms with Crippen molar-refractivity contribution in [3.63, 3.8) is 0 Å². The van der Waals surface area contributed by atoms with E-state index in [9.17, 15) is 14.7 Å². The molecular formula is C26H26N2O4. The van der Waals surface area contributed by atoms with Crippen molar-refractivity contribution in [1.29, 1.82) is 0 Å². The highest BCUT2D eigenvalue weighted by molar-refractivity contribution is 6.46. The van der Waals surface area contributed by atoms with Gasteiger partial charge in [-0.05, 0) is 30.2 Å². The maximum Gasteiger partial charge on any atom is 0.295 e. The average Bonchev–Trinajstić information content (AvgIpc) is 3.35. The Kier molecular flexibility index (Phi) is 6.12. The van der Waals surface area contributed by atoms with Gasteiger partial charge in [0.2, 0.25) is 0 Å². The molecule has 1 unspecified atom stereocenters. The summed E-state index contributed by atoms with van der Waals surface area (Å²) in [5.74, 6) is -0.841. The molecule has 32 heavy (non-hydrogen) atoms. The first-order valence-electron chi connectivity index (χ1n) is 10.7. The highest BCUT2D eigenvalue weighted by Crippen LogP contribution is 2.41. The molecule has 0 bridgehead atoms. The van der Waals surface area contributed by atoms with Gasteiger partial charge in [0, 0.05) is 29.2 Å². The van der Waals surface area contributed by atoms with Crippen LogP contribution in [0.15, 0.2) is 73.0 Å². The molecular weight excluding hydrogens is 404 g/mol. The summed E-state index contributed by atoms with van der Waals surface area (Å²) in [4.78, 5) is 30.8. The van der Waals surface area contributed by atoms with Gasteiger partial charge in [0.1, 0.15) is 18.1 Å². The molecule has 164 valence electrons. The molecule has 2 N–H and O–H groups in total. The lowest BCUT2D eigenvalue weighted by atomic mass is 9.95. The zero-order valence-corrected chi connectivity index (χ0v) is 18.0. The Morgan fingerprint density at radius 3 is 2.81 bits per heavy atom. The Labute approximate surface area is 186 Å². The van der Waals surface area contributed by atoms with Crippen LogP contribution in [-0.2, 0) is 9.59 Å². The Bertz CT molecular complexity index is 1210. The largest absolute Gasteiger partial charge is 0.507 e. The highest BCUT2D eigenvalue weighted by atomic mass is 16.5. The van der Waals surface area contributed by atoms with Crippen molar-refractivity contribution in [2.24, 2.45) is 0 Å². The van der Waals surface area contributed by atoms with Gasteiger partial charge in [0.15, 0.2) is 0 Å². The van der Waals surface area contributed by atoms with Crippen molar-refractivity contribution in [3.8, 4) is 5.75 Å². The summed E-state index contributed by atoms with van der Waals surface area (Å²) in [5, 5.41) is 12.1. The molecule has 2 heterocycles. The third-order valence-electron chi connectivity index (χ3n) is 5.68. The fraction of sp³-hybridized carbons (Fsp3) is 0.231. The molecule has 1 aliphatic heterocycles. The van der Waals surface area contributed by atoms with Crippen molar-refractivity contribution in [2.45, 2.75) is 25.8 Å². The van der Waals surface area contributed by atoms with Crippen LogP contribution < -0.4 is 4.74 Å². The van der Waals surface area contributed by atoms with Crippen LogP contribution >= 0.6 is 0 Å². The van der Waals surface area contributed by atoms with Crippen molar-refractivity contribution in [1.82, 2.24) is 9.88 Å². The number of H-pyrrole nitrogens is 1. The molecule has 0 spiro atoms. The minimum atomic E-state index is -0.692. The molecule has 1 amide bonds. The van der Waals surface area contributed by atoms with Gasteiger partial charge >= 0.3 is 0 Å². The first-order chi connectivity index (χ1) is 15.6. The van der Waals surface area contributed by atoms with Crippen LogP contribution in [0, 0.1) is 0 Å². The number of carbonyl (C=O) groups excluding carboxylic acids is 2. The Morgan fingerprint density at radius 1 is 1.22 bits per heavy atom. The van der Waals surface area contributed by atoms with Gasteiger partial charge in [0.25, 0.3) is 11.7 Å². The number of ketones is 1. The van der Waals surface area contributed by atoms with Crippen molar-refractivity contribution < 1.29 is 19.4 Å². The first kappa shape index (κ1) is 21.4. The predicted octanol–water partition coefficient (Wildman–Crippen LogP) is 4.95. The van der Waals surface area contributed by atoms with E-state index in [1.165, 1.54) is 0 Å². The summed E-state index contributed by atoms with van der Waals surface area (Å²) in [7, 11) is 0. The molecule has 1 atom stereocenters. The van der Waals surface area contributed by atoms with Gasteiger partial charge in [-0.1, -0.05) is 56.3 Å². The number of benzene rings is 2. The number of carbonyl (C=O) groups is 2. The van der Waals surface area contributed by atoms with Gasteiger partial charge in [-0.15, -0.1) is 0 Å². The summed E-state index contributed by atoms with van der Waals surface area (Å²) < 4.78 is 5.66. The number of nitrogens with zero attached hydrogens (tertiary/aromatic N) is 1. The number of Topliss-reactive ketones (excluding diaryl/α,β-unsaturated/α-hetero) is 1. The maximum atomic E-state index is 13.1. The number of aromatic amines is 1. The number of amides is 1. The summed E-state index contributed by atoms with van der Waals surface area (Å²) in [6, 6.07) is 14.1. The van der Waals surface area contributed by atoms with Gasteiger partial charge < -0.3 is 19.7 Å². The lowest BCUT2D eigenvalue weighted by Crippen LogP contribution is -2.30. The molecule has 0 radical (unpaired) electrons. The van der Waals surface area contributed by atoms with Crippen LogP contribution in [0.25, 0.3) is 16.7 Å². The van der Waals surface area contributed by atoms with E-state index >= 15 is 0 Å². The number of nitrogens with one attached hydrogen (secondary N) is 1. The molecule has 4 rings (SSSR count). The van der Waals surface area contributed by atoms with Crippen LogP contribution in [0.2, 0.25) is 0 Å². The molecule has 0 saturated carbocycles. The minimum Gasteiger partial charge on any atom is -0.507 e. The highest BCUT2D eigenvalue weighted by Gasteiger charge is 2.46. The number of hydrogen-bond donors (Lipinski definition) is 2. The van der Waals surface area contributed by atoms with Crippen LogP contribution in [0.4, 0.5) is 0 Å². The fourth-order valence-corrected chi connectivity index (χ4v) is 4.13. The number of ether oxygens (including phenoxy) is 1. The van der Waals surface area contributed by atoms with E-state index in [1.54, 1.807) is 17.2 Å². The van der Waals surface area contributed by atoms with E-state index < -0.39 is 17.7 Å². The second-order valence-corrected chi connectivity index (χ2v) is 7.77. The monoisotopic (exact) mass is 430 g/mol. The summed E-state index contributed by atoms with van der Waals surface area (Å²) in [6.45, 7) is 6.46. The van der Waals surface area contributed by atoms with Crippen LogP contribution in [0.1, 0.15) is 36.9 Å². The van der Waals surface area contributed by atoms with Crippen LogP contribution in [0.3, 0.4) is 0 Å². The molecule has 1 saturated heterocycles. The normalized spacial score (nSPS) is 17.8. The third-order valence-corrected chi connectivity index (χ3v) is 5.68. The lowest BCUT2D eigenvalue weighted by Gasteiger charge is -2.25. The van der Waals surface area contributed by atoms with Gasteiger partial charge in [-0.3, -0.25) is 9.59 Å². The topological polar surface area (TPSA) is 82.6 Å². The van der Waals surface area contributed by atoms with Gasteiger partial charge in [-0.25, -0.2) is 0 Å². The quantitative estimate of drug-likeness (QED) is 0.229. The third kappa shape index (κ3) is 3.80. The number of para-hydroxylation sites is 1. The second kappa shape index (κ2) is 9.14. The van der Waals surface area contributed by atoms with Crippen molar-refractivity contribution >= 4 is 28.4 Å². The standard InChI is InChI=1S/C26H26N2O4/c1-3-5-13-28-23(17-9-8-10-18(15-17)32-14-4-2)22(25(30)26(28)31)24(29)20-16-27-21-12-7-6-11-19(20)21/h4,6-12,15-16,23,27,29H,2-3,5,13-14H2,1H3/b24-22-. The summed E-state index contributed by atoms with van der Waals surface area (Å²) in [5.41, 5.74) is 2.14. The number of aliphatic hydroxyl groups excluding tert-OH is 1. The lowest BCUT2D eigenvalue weighted by molar-refractivity contribution is -0.139. The number of unbranched alkanes of at least 4 members (excludes halogenated alkanes) is 1. The van der Waals surface area contributed by atoms with Crippen LogP contribution in [0.5, 0.6) is 5.75 Å². The minimum absolute atomic E-state index is 0.0942. The van der Waals surface area contributed by atoms with Crippen molar-refractivity contribution in [3.05, 3.63) is 84.1 Å². The number of likely N-dealkylation sites (tertiary alicyclic amines) is 1. The zero-order chi connectivity index (χ0) is 22.7. The molecule has 1 fully saturated rings. The first-order valence-corrected chi connectivity index (χ1v) is 10.7. The number of hydrogen-bond acceptors (Lipinski definition) is 4. The molecule has 6 heteroatoms. The maximum absolute atomic E-state index is 13.1. The summed E-state index contributed by atoms with van der Waals surface area (Å²) >= 11 is 0. The van der Waals surface area contributed by atoms with E-state index in [2.05, 4.69) is 11.6 Å².